The molecule has 0 bridgehead atoms. The summed E-state index contributed by atoms with van der Waals surface area (Å²) < 4.78 is 11.6. The first-order chi connectivity index (χ1) is 14.9. The molecule has 0 aliphatic rings. The van der Waals surface area contributed by atoms with Gasteiger partial charge in [0.1, 0.15) is 0 Å². The van der Waals surface area contributed by atoms with Crippen molar-refractivity contribution in [3.8, 4) is 17.2 Å². The van der Waals surface area contributed by atoms with Crippen molar-refractivity contribution in [2.75, 3.05) is 17.7 Å². The maximum atomic E-state index is 12.4. The highest BCUT2D eigenvalue weighted by molar-refractivity contribution is 9.11. The van der Waals surface area contributed by atoms with Gasteiger partial charge in [0, 0.05) is 0 Å². The van der Waals surface area contributed by atoms with Crippen molar-refractivity contribution in [2.24, 2.45) is 0 Å². The molecule has 2 aromatic carbocycles. The van der Waals surface area contributed by atoms with E-state index in [9.17, 15) is 14.4 Å². The highest BCUT2D eigenvalue weighted by Crippen LogP contribution is 2.35. The number of para-hydroxylation sites is 4. The number of hydrogen-bond acceptors (Lipinski definition) is 7. The SMILES string of the molecule is COc1ccccc1Oc1ccccc1NC(=O)C(=O)Nc1nc(CC(=O)O)c(Br)s1. The second-order valence-corrected chi connectivity index (χ2v) is 8.28. The number of ether oxygens (including phenoxy) is 2. The standard InChI is InChI=1S/C20H16BrN3O6S/c1-29-14-8-4-5-9-15(14)30-13-7-3-2-6-11(13)22-18(27)19(28)24-20-23-12(10-16(25)26)17(21)31-20/h2-9H,10H2,1H3,(H,22,27)(H,25,26)(H,23,24,28). The van der Waals surface area contributed by atoms with Crippen molar-refractivity contribution < 1.29 is 29.0 Å². The first-order valence-corrected chi connectivity index (χ1v) is 10.4. The van der Waals surface area contributed by atoms with Crippen molar-refractivity contribution >= 4 is 55.9 Å². The van der Waals surface area contributed by atoms with Gasteiger partial charge in [-0.25, -0.2) is 4.98 Å². The number of benzene rings is 2. The molecule has 0 aliphatic heterocycles. The molecule has 1 heterocycles. The van der Waals surface area contributed by atoms with Crippen molar-refractivity contribution in [3.63, 3.8) is 0 Å². The van der Waals surface area contributed by atoms with Crippen LogP contribution in [0.3, 0.4) is 0 Å². The smallest absolute Gasteiger partial charge is 0.315 e. The lowest BCUT2D eigenvalue weighted by molar-refractivity contribution is -0.136. The molecule has 11 heteroatoms. The second kappa shape index (κ2) is 10.0. The van der Waals surface area contributed by atoms with Crippen LogP contribution in [0.25, 0.3) is 0 Å². The number of methoxy groups -OCH3 is 1. The van der Waals surface area contributed by atoms with Gasteiger partial charge in [0.15, 0.2) is 22.4 Å². The molecule has 0 spiro atoms. The minimum Gasteiger partial charge on any atom is -0.493 e. The average molecular weight is 506 g/mol. The van der Waals surface area contributed by atoms with E-state index in [1.807, 2.05) is 0 Å². The molecular formula is C20H16BrN3O6S. The summed E-state index contributed by atoms with van der Waals surface area (Å²) in [5, 5.41) is 13.8. The van der Waals surface area contributed by atoms with Gasteiger partial charge in [0.25, 0.3) is 0 Å². The van der Waals surface area contributed by atoms with Crippen LogP contribution in [0.2, 0.25) is 0 Å². The molecule has 0 fully saturated rings. The number of halogens is 1. The normalized spacial score (nSPS) is 10.3. The number of aromatic nitrogens is 1. The molecule has 0 saturated carbocycles. The summed E-state index contributed by atoms with van der Waals surface area (Å²) in [5.41, 5.74) is 0.532. The number of aliphatic carboxylic acids is 1. The number of thiazole rings is 1. The summed E-state index contributed by atoms with van der Waals surface area (Å²) in [4.78, 5) is 39.5. The Bertz CT molecular complexity index is 1130. The summed E-state index contributed by atoms with van der Waals surface area (Å²) in [5.74, 6) is -1.71. The molecule has 2 amide bonds. The van der Waals surface area contributed by atoms with Crippen molar-refractivity contribution in [2.45, 2.75) is 6.42 Å². The van der Waals surface area contributed by atoms with E-state index in [4.69, 9.17) is 14.6 Å². The quantitative estimate of drug-likeness (QED) is 0.415. The molecule has 3 N–H and O–H groups in total. The lowest BCUT2D eigenvalue weighted by Crippen LogP contribution is -2.29. The predicted molar refractivity (Wildman–Crippen MR) is 118 cm³/mol. The summed E-state index contributed by atoms with van der Waals surface area (Å²) in [7, 11) is 1.51. The van der Waals surface area contributed by atoms with Gasteiger partial charge in [-0.2, -0.15) is 0 Å². The van der Waals surface area contributed by atoms with Crippen LogP contribution in [-0.2, 0) is 20.8 Å². The van der Waals surface area contributed by atoms with Gasteiger partial charge in [-0.1, -0.05) is 35.6 Å². The number of carboxylic acid groups (broad SMARTS) is 1. The van der Waals surface area contributed by atoms with Crippen molar-refractivity contribution in [1.82, 2.24) is 4.98 Å². The zero-order chi connectivity index (χ0) is 22.4. The Morgan fingerprint density at radius 2 is 1.61 bits per heavy atom. The molecule has 3 aromatic rings. The molecule has 0 atom stereocenters. The Morgan fingerprint density at radius 3 is 2.29 bits per heavy atom. The van der Waals surface area contributed by atoms with Crippen LogP contribution in [0.4, 0.5) is 10.8 Å². The van der Waals surface area contributed by atoms with Gasteiger partial charge < -0.3 is 19.9 Å². The van der Waals surface area contributed by atoms with E-state index in [1.54, 1.807) is 48.5 Å². The molecule has 9 nitrogen and oxygen atoms in total. The minimum absolute atomic E-state index is 0.0989. The Hall–Kier alpha value is -3.44. The fourth-order valence-electron chi connectivity index (χ4n) is 2.45. The number of anilines is 2. The summed E-state index contributed by atoms with van der Waals surface area (Å²) in [6, 6.07) is 13.6. The van der Waals surface area contributed by atoms with Crippen LogP contribution >= 0.6 is 27.3 Å². The van der Waals surface area contributed by atoms with E-state index in [0.717, 1.165) is 11.3 Å². The third-order valence-corrected chi connectivity index (χ3v) is 5.56. The fraction of sp³-hybridized carbons (Fsp3) is 0.100. The fourth-order valence-corrected chi connectivity index (χ4v) is 3.85. The van der Waals surface area contributed by atoms with Crippen molar-refractivity contribution in [1.29, 1.82) is 0 Å². The van der Waals surface area contributed by atoms with E-state index in [2.05, 4.69) is 31.5 Å². The molecule has 0 radical (unpaired) electrons. The Kier molecular flexibility index (Phi) is 7.21. The summed E-state index contributed by atoms with van der Waals surface area (Å²) in [6.45, 7) is 0. The van der Waals surface area contributed by atoms with Crippen LogP contribution in [0, 0.1) is 0 Å². The number of amides is 2. The topological polar surface area (TPSA) is 127 Å². The van der Waals surface area contributed by atoms with Gasteiger partial charge >= 0.3 is 17.8 Å². The zero-order valence-electron chi connectivity index (χ0n) is 16.0. The number of carbonyl (C=O) groups is 3. The Labute approximate surface area is 189 Å². The molecular weight excluding hydrogens is 490 g/mol. The molecule has 160 valence electrons. The first kappa shape index (κ1) is 22.2. The van der Waals surface area contributed by atoms with Crippen LogP contribution in [-0.4, -0.2) is 35.0 Å². The van der Waals surface area contributed by atoms with E-state index >= 15 is 0 Å². The lowest BCUT2D eigenvalue weighted by atomic mass is 10.2. The summed E-state index contributed by atoms with van der Waals surface area (Å²) in [6.07, 6.45) is -0.313. The lowest BCUT2D eigenvalue weighted by Gasteiger charge is -2.13. The second-order valence-electron chi connectivity index (χ2n) is 5.97. The largest absolute Gasteiger partial charge is 0.493 e. The Balaban J connectivity index is 1.71. The van der Waals surface area contributed by atoms with Crippen molar-refractivity contribution in [3.05, 3.63) is 58.0 Å². The zero-order valence-corrected chi connectivity index (χ0v) is 18.5. The first-order valence-electron chi connectivity index (χ1n) is 8.76. The minimum atomic E-state index is -1.06. The van der Waals surface area contributed by atoms with Crippen LogP contribution in [0.15, 0.2) is 52.3 Å². The van der Waals surface area contributed by atoms with Crippen LogP contribution < -0.4 is 20.1 Å². The monoisotopic (exact) mass is 505 g/mol. The molecule has 0 aliphatic carbocycles. The molecule has 0 saturated heterocycles. The molecule has 0 unspecified atom stereocenters. The van der Waals surface area contributed by atoms with E-state index in [1.165, 1.54) is 7.11 Å². The Morgan fingerprint density at radius 1 is 1.00 bits per heavy atom. The number of carboxylic acids is 1. The van der Waals surface area contributed by atoms with Gasteiger partial charge in [-0.15, -0.1) is 0 Å². The van der Waals surface area contributed by atoms with Gasteiger partial charge in [-0.3, -0.25) is 19.7 Å². The number of hydrogen-bond donors (Lipinski definition) is 3. The highest BCUT2D eigenvalue weighted by Gasteiger charge is 2.20. The molecule has 1 aromatic heterocycles. The van der Waals surface area contributed by atoms with Gasteiger partial charge in [-0.05, 0) is 40.2 Å². The van der Waals surface area contributed by atoms with Gasteiger partial charge in [0.2, 0.25) is 0 Å². The number of rotatable bonds is 7. The number of carbonyl (C=O) groups excluding carboxylic acids is 2. The number of nitrogens with one attached hydrogen (secondary N) is 2. The third-order valence-electron chi connectivity index (χ3n) is 3.82. The maximum Gasteiger partial charge on any atom is 0.315 e. The number of nitrogens with zero attached hydrogens (tertiary/aromatic N) is 1. The third kappa shape index (κ3) is 5.80. The van der Waals surface area contributed by atoms with E-state index < -0.39 is 17.8 Å². The highest BCUT2D eigenvalue weighted by atomic mass is 79.9. The van der Waals surface area contributed by atoms with E-state index in [0.29, 0.717) is 21.0 Å². The summed E-state index contributed by atoms with van der Waals surface area (Å²) >= 11 is 4.20. The molecule has 3 rings (SSSR count). The van der Waals surface area contributed by atoms with Crippen LogP contribution in [0.1, 0.15) is 5.69 Å². The van der Waals surface area contributed by atoms with E-state index in [-0.39, 0.29) is 22.9 Å². The van der Waals surface area contributed by atoms with Gasteiger partial charge in [0.05, 0.1) is 28.7 Å². The average Bonchev–Trinajstić information content (AvgIpc) is 3.07. The molecule has 31 heavy (non-hydrogen) atoms. The predicted octanol–water partition coefficient (Wildman–Crippen LogP) is 3.91. The van der Waals surface area contributed by atoms with Crippen LogP contribution in [0.5, 0.6) is 17.2 Å². The maximum absolute atomic E-state index is 12.4.